The van der Waals surface area contributed by atoms with E-state index >= 15 is 0 Å². The van der Waals surface area contributed by atoms with Crippen molar-refractivity contribution in [3.63, 3.8) is 0 Å². The van der Waals surface area contributed by atoms with Crippen LogP contribution in [0.3, 0.4) is 0 Å². The summed E-state index contributed by atoms with van der Waals surface area (Å²) in [6.07, 6.45) is 19.0. The molecule has 0 amide bonds. The van der Waals surface area contributed by atoms with Crippen molar-refractivity contribution in [2.45, 2.75) is 121 Å². The SMILES string of the molecule is CCCC(CCCCCCCCCCCCCCCCO)S(=O)(=O)O. The van der Waals surface area contributed by atoms with E-state index < -0.39 is 15.4 Å². The molecule has 0 saturated heterocycles. The van der Waals surface area contributed by atoms with Gasteiger partial charge in [-0.3, -0.25) is 4.55 Å². The highest BCUT2D eigenvalue weighted by molar-refractivity contribution is 7.86. The first kappa shape index (κ1) is 24.9. The molecule has 0 rings (SSSR count). The van der Waals surface area contributed by atoms with Crippen molar-refractivity contribution in [1.82, 2.24) is 0 Å². The van der Waals surface area contributed by atoms with Gasteiger partial charge >= 0.3 is 0 Å². The zero-order valence-electron chi connectivity index (χ0n) is 16.4. The zero-order valence-corrected chi connectivity index (χ0v) is 17.2. The van der Waals surface area contributed by atoms with Gasteiger partial charge in [-0.1, -0.05) is 96.8 Å². The van der Waals surface area contributed by atoms with E-state index in [2.05, 4.69) is 0 Å². The van der Waals surface area contributed by atoms with Crippen molar-refractivity contribution in [3.8, 4) is 0 Å². The quantitative estimate of drug-likeness (QED) is 0.217. The lowest BCUT2D eigenvalue weighted by Gasteiger charge is -2.12. The first-order chi connectivity index (χ1) is 12.0. The van der Waals surface area contributed by atoms with Crippen molar-refractivity contribution in [2.24, 2.45) is 0 Å². The van der Waals surface area contributed by atoms with Crippen LogP contribution in [0.4, 0.5) is 0 Å². The van der Waals surface area contributed by atoms with Crippen molar-refractivity contribution in [2.75, 3.05) is 6.61 Å². The van der Waals surface area contributed by atoms with Crippen LogP contribution in [-0.4, -0.2) is 29.9 Å². The number of aliphatic hydroxyl groups excluding tert-OH is 1. The summed E-state index contributed by atoms with van der Waals surface area (Å²) in [6, 6.07) is 0. The van der Waals surface area contributed by atoms with E-state index in [-0.39, 0.29) is 0 Å². The van der Waals surface area contributed by atoms with Crippen LogP contribution in [0, 0.1) is 0 Å². The molecule has 0 fully saturated rings. The lowest BCUT2D eigenvalue weighted by atomic mass is 10.0. The van der Waals surface area contributed by atoms with Gasteiger partial charge in [0.1, 0.15) is 0 Å². The van der Waals surface area contributed by atoms with Gasteiger partial charge in [-0.2, -0.15) is 8.42 Å². The second-order valence-electron chi connectivity index (χ2n) is 7.39. The van der Waals surface area contributed by atoms with Gasteiger partial charge in [0, 0.05) is 6.61 Å². The van der Waals surface area contributed by atoms with E-state index in [0.29, 0.717) is 19.4 Å². The van der Waals surface area contributed by atoms with E-state index in [1.807, 2.05) is 6.92 Å². The number of unbranched alkanes of at least 4 members (excludes halogenated alkanes) is 13. The third-order valence-electron chi connectivity index (χ3n) is 4.97. The molecular formula is C20H42O4S. The molecule has 0 aromatic carbocycles. The minimum absolute atomic E-state index is 0.333. The molecule has 0 heterocycles. The first-order valence-corrected chi connectivity index (χ1v) is 12.1. The molecule has 4 nitrogen and oxygen atoms in total. The van der Waals surface area contributed by atoms with E-state index in [9.17, 15) is 13.0 Å². The molecule has 0 saturated carbocycles. The lowest BCUT2D eigenvalue weighted by molar-refractivity contribution is 0.282. The maximum absolute atomic E-state index is 11.2. The molecule has 0 radical (unpaired) electrons. The second kappa shape index (κ2) is 17.3. The normalized spacial score (nSPS) is 13.2. The summed E-state index contributed by atoms with van der Waals surface area (Å²) in [5.41, 5.74) is 0. The Kier molecular flexibility index (Phi) is 17.2. The van der Waals surface area contributed by atoms with Gasteiger partial charge in [0.05, 0.1) is 5.25 Å². The Labute approximate surface area is 156 Å². The molecule has 5 heteroatoms. The van der Waals surface area contributed by atoms with E-state index in [0.717, 1.165) is 25.7 Å². The Morgan fingerprint density at radius 1 is 0.640 bits per heavy atom. The van der Waals surface area contributed by atoms with Gasteiger partial charge in [-0.05, 0) is 19.3 Å². The first-order valence-electron chi connectivity index (χ1n) is 10.6. The van der Waals surface area contributed by atoms with Crippen LogP contribution >= 0.6 is 0 Å². The fourth-order valence-electron chi connectivity index (χ4n) is 3.37. The minimum atomic E-state index is -3.86. The van der Waals surface area contributed by atoms with Crippen LogP contribution < -0.4 is 0 Å². The molecule has 0 aromatic heterocycles. The van der Waals surface area contributed by atoms with Gasteiger partial charge in [0.2, 0.25) is 0 Å². The molecule has 152 valence electrons. The molecule has 0 bridgehead atoms. The van der Waals surface area contributed by atoms with Crippen molar-refractivity contribution in [1.29, 1.82) is 0 Å². The smallest absolute Gasteiger partial charge is 0.267 e. The molecule has 0 aliphatic rings. The molecule has 0 spiro atoms. The van der Waals surface area contributed by atoms with Gasteiger partial charge in [0.15, 0.2) is 0 Å². The largest absolute Gasteiger partial charge is 0.396 e. The number of hydrogen-bond donors (Lipinski definition) is 2. The molecular weight excluding hydrogens is 336 g/mol. The third-order valence-corrected chi connectivity index (χ3v) is 6.28. The van der Waals surface area contributed by atoms with Gasteiger partial charge in [0.25, 0.3) is 10.1 Å². The second-order valence-corrected chi connectivity index (χ2v) is 9.08. The highest BCUT2D eigenvalue weighted by Crippen LogP contribution is 2.17. The standard InChI is InChI=1S/C20H42O4S/c1-2-17-20(25(22,23)24)18-15-13-11-9-7-5-3-4-6-8-10-12-14-16-19-21/h20-21H,2-19H2,1H3,(H,22,23,24). The molecule has 2 N–H and O–H groups in total. The fraction of sp³-hybridized carbons (Fsp3) is 1.00. The van der Waals surface area contributed by atoms with Crippen LogP contribution in [-0.2, 0) is 10.1 Å². The van der Waals surface area contributed by atoms with Crippen LogP contribution in [0.5, 0.6) is 0 Å². The van der Waals surface area contributed by atoms with Crippen molar-refractivity contribution < 1.29 is 18.1 Å². The predicted molar refractivity (Wildman–Crippen MR) is 107 cm³/mol. The Bertz CT molecular complexity index is 368. The molecule has 0 aliphatic carbocycles. The summed E-state index contributed by atoms with van der Waals surface area (Å²) in [4.78, 5) is 0. The monoisotopic (exact) mass is 378 g/mol. The number of rotatable bonds is 19. The van der Waals surface area contributed by atoms with Gasteiger partial charge in [-0.15, -0.1) is 0 Å². The number of aliphatic hydroxyl groups is 1. The summed E-state index contributed by atoms with van der Waals surface area (Å²) in [5.74, 6) is 0. The van der Waals surface area contributed by atoms with Crippen LogP contribution in [0.2, 0.25) is 0 Å². The van der Waals surface area contributed by atoms with Crippen molar-refractivity contribution in [3.05, 3.63) is 0 Å². The Morgan fingerprint density at radius 2 is 1.00 bits per heavy atom. The molecule has 1 atom stereocenters. The fourth-order valence-corrected chi connectivity index (χ4v) is 4.37. The van der Waals surface area contributed by atoms with Crippen LogP contribution in [0.25, 0.3) is 0 Å². The highest BCUT2D eigenvalue weighted by atomic mass is 32.2. The summed E-state index contributed by atoms with van der Waals surface area (Å²) in [5, 5.41) is 8.15. The molecule has 0 aromatic rings. The zero-order chi connectivity index (χ0) is 18.8. The average molecular weight is 379 g/mol. The average Bonchev–Trinajstić information content (AvgIpc) is 2.56. The van der Waals surface area contributed by atoms with Crippen LogP contribution in [0.1, 0.15) is 116 Å². The maximum Gasteiger partial charge on any atom is 0.267 e. The predicted octanol–water partition coefficient (Wildman–Crippen LogP) is 5.89. The van der Waals surface area contributed by atoms with Gasteiger partial charge < -0.3 is 5.11 Å². The summed E-state index contributed by atoms with van der Waals surface area (Å²) < 4.78 is 31.7. The minimum Gasteiger partial charge on any atom is -0.396 e. The van der Waals surface area contributed by atoms with Crippen LogP contribution in [0.15, 0.2) is 0 Å². The van der Waals surface area contributed by atoms with E-state index in [4.69, 9.17) is 5.11 Å². The Morgan fingerprint density at radius 3 is 1.32 bits per heavy atom. The molecule has 0 aliphatic heterocycles. The van der Waals surface area contributed by atoms with E-state index in [1.54, 1.807) is 0 Å². The molecule has 25 heavy (non-hydrogen) atoms. The highest BCUT2D eigenvalue weighted by Gasteiger charge is 2.20. The maximum atomic E-state index is 11.2. The lowest BCUT2D eigenvalue weighted by Crippen LogP contribution is -2.20. The third kappa shape index (κ3) is 17.1. The summed E-state index contributed by atoms with van der Waals surface area (Å²) in [7, 11) is -3.86. The summed E-state index contributed by atoms with van der Waals surface area (Å²) >= 11 is 0. The van der Waals surface area contributed by atoms with Crippen molar-refractivity contribution >= 4 is 10.1 Å². The number of hydrogen-bond acceptors (Lipinski definition) is 3. The Balaban J connectivity index is 3.31. The Hall–Kier alpha value is -0.130. The molecule has 1 unspecified atom stereocenters. The van der Waals surface area contributed by atoms with Gasteiger partial charge in [-0.25, -0.2) is 0 Å². The summed E-state index contributed by atoms with van der Waals surface area (Å²) in [6.45, 7) is 2.29. The topological polar surface area (TPSA) is 74.6 Å². The van der Waals surface area contributed by atoms with E-state index in [1.165, 1.54) is 70.6 Å².